The number of hydrogen-bond acceptors (Lipinski definition) is 3. The molecule has 1 aromatic heterocycles. The predicted octanol–water partition coefficient (Wildman–Crippen LogP) is 0.896. The minimum Gasteiger partial charge on any atom is -0.490 e. The average molecular weight is 238 g/mol. The number of nitrogens with zero attached hydrogens (tertiary/aromatic N) is 1. The summed E-state index contributed by atoms with van der Waals surface area (Å²) in [6, 6.07) is 3.08. The molecule has 0 unspecified atom stereocenters. The van der Waals surface area contributed by atoms with Crippen LogP contribution < -0.4 is 10.3 Å². The van der Waals surface area contributed by atoms with E-state index < -0.39 is 6.09 Å². The van der Waals surface area contributed by atoms with Crippen LogP contribution in [0.4, 0.5) is 4.79 Å². The van der Waals surface area contributed by atoms with Crippen molar-refractivity contribution in [2.24, 2.45) is 0 Å². The molecule has 1 amide bonds. The summed E-state index contributed by atoms with van der Waals surface area (Å²) in [5.41, 5.74) is -0.203. The average Bonchev–Trinajstić information content (AvgIpc) is 2.29. The first-order valence-corrected chi connectivity index (χ1v) is 5.48. The lowest BCUT2D eigenvalue weighted by atomic mass is 10.1. The standard InChI is InChI=1S/C11H14N2O4/c14-10-7-9(1-4-12-10)17-8-2-5-13(6-3-8)11(15)16/h1,4,7-8H,2-3,5-6H2,(H,12,14)(H,15,16). The van der Waals surface area contributed by atoms with E-state index in [9.17, 15) is 9.59 Å². The molecule has 2 rings (SSSR count). The number of rotatable bonds is 2. The van der Waals surface area contributed by atoms with Crippen LogP contribution in [0.2, 0.25) is 0 Å². The molecule has 0 radical (unpaired) electrons. The molecule has 1 aliphatic rings. The van der Waals surface area contributed by atoms with Crippen molar-refractivity contribution in [2.45, 2.75) is 18.9 Å². The Morgan fingerprint density at radius 1 is 1.47 bits per heavy atom. The van der Waals surface area contributed by atoms with E-state index in [1.165, 1.54) is 17.2 Å². The Morgan fingerprint density at radius 3 is 2.76 bits per heavy atom. The zero-order valence-corrected chi connectivity index (χ0v) is 9.26. The van der Waals surface area contributed by atoms with Crippen LogP contribution in [-0.2, 0) is 0 Å². The number of aromatic amines is 1. The molecule has 92 valence electrons. The van der Waals surface area contributed by atoms with E-state index in [1.807, 2.05) is 0 Å². The van der Waals surface area contributed by atoms with Crippen molar-refractivity contribution in [3.63, 3.8) is 0 Å². The van der Waals surface area contributed by atoms with E-state index in [1.54, 1.807) is 6.07 Å². The van der Waals surface area contributed by atoms with Crippen LogP contribution in [0.5, 0.6) is 5.75 Å². The van der Waals surface area contributed by atoms with Crippen LogP contribution in [0.1, 0.15) is 12.8 Å². The Kier molecular flexibility index (Phi) is 3.32. The van der Waals surface area contributed by atoms with Crippen LogP contribution in [-0.4, -0.2) is 40.3 Å². The van der Waals surface area contributed by atoms with Crippen LogP contribution >= 0.6 is 0 Å². The van der Waals surface area contributed by atoms with Gasteiger partial charge >= 0.3 is 6.09 Å². The highest BCUT2D eigenvalue weighted by molar-refractivity contribution is 5.65. The summed E-state index contributed by atoms with van der Waals surface area (Å²) < 4.78 is 5.62. The summed E-state index contributed by atoms with van der Waals surface area (Å²) in [6.45, 7) is 0.951. The van der Waals surface area contributed by atoms with Crippen LogP contribution in [0.3, 0.4) is 0 Å². The van der Waals surface area contributed by atoms with Crippen LogP contribution in [0.15, 0.2) is 23.1 Å². The van der Waals surface area contributed by atoms with Gasteiger partial charge in [-0.05, 0) is 6.07 Å². The number of ether oxygens (including phenoxy) is 1. The van der Waals surface area contributed by atoms with E-state index in [2.05, 4.69) is 4.98 Å². The van der Waals surface area contributed by atoms with Gasteiger partial charge in [0.2, 0.25) is 0 Å². The van der Waals surface area contributed by atoms with Gasteiger partial charge in [0.1, 0.15) is 11.9 Å². The van der Waals surface area contributed by atoms with Crippen molar-refractivity contribution >= 4 is 6.09 Å². The van der Waals surface area contributed by atoms with Gasteiger partial charge in [-0.25, -0.2) is 4.79 Å². The fraction of sp³-hybridized carbons (Fsp3) is 0.455. The maximum atomic E-state index is 11.1. The molecule has 0 saturated carbocycles. The molecule has 0 atom stereocenters. The van der Waals surface area contributed by atoms with E-state index >= 15 is 0 Å². The van der Waals surface area contributed by atoms with E-state index in [4.69, 9.17) is 9.84 Å². The minimum absolute atomic E-state index is 0.0209. The summed E-state index contributed by atoms with van der Waals surface area (Å²) in [7, 11) is 0. The van der Waals surface area contributed by atoms with E-state index in [0.29, 0.717) is 31.7 Å². The monoisotopic (exact) mass is 238 g/mol. The molecule has 1 aliphatic heterocycles. The molecule has 1 saturated heterocycles. The summed E-state index contributed by atoms with van der Waals surface area (Å²) in [4.78, 5) is 25.6. The minimum atomic E-state index is -0.889. The number of likely N-dealkylation sites (tertiary alicyclic amines) is 1. The number of carbonyl (C=O) groups is 1. The first-order chi connectivity index (χ1) is 8.15. The number of carboxylic acid groups (broad SMARTS) is 1. The van der Waals surface area contributed by atoms with Gasteiger partial charge in [-0.2, -0.15) is 0 Å². The zero-order valence-electron chi connectivity index (χ0n) is 9.26. The third kappa shape index (κ3) is 2.99. The Hall–Kier alpha value is -1.98. The number of aromatic nitrogens is 1. The van der Waals surface area contributed by atoms with Crippen molar-refractivity contribution in [1.29, 1.82) is 0 Å². The molecular weight excluding hydrogens is 224 g/mol. The number of hydrogen-bond donors (Lipinski definition) is 2. The highest BCUT2D eigenvalue weighted by Crippen LogP contribution is 2.17. The van der Waals surface area contributed by atoms with Gasteiger partial charge in [0.25, 0.3) is 5.56 Å². The summed E-state index contributed by atoms with van der Waals surface area (Å²) >= 11 is 0. The molecule has 0 aromatic carbocycles. The lowest BCUT2D eigenvalue weighted by Gasteiger charge is -2.30. The first-order valence-electron chi connectivity index (χ1n) is 5.48. The van der Waals surface area contributed by atoms with Crippen molar-refractivity contribution in [3.8, 4) is 5.75 Å². The number of piperidine rings is 1. The summed E-state index contributed by atoms with van der Waals surface area (Å²) in [6.07, 6.45) is 1.93. The molecule has 2 heterocycles. The van der Waals surface area contributed by atoms with Gasteiger partial charge in [-0.15, -0.1) is 0 Å². The molecule has 1 fully saturated rings. The molecule has 0 spiro atoms. The van der Waals surface area contributed by atoms with Gasteiger partial charge < -0.3 is 19.7 Å². The van der Waals surface area contributed by atoms with Gasteiger partial charge in [0, 0.05) is 38.2 Å². The molecule has 6 heteroatoms. The second-order valence-corrected chi connectivity index (χ2v) is 3.98. The number of amides is 1. The maximum absolute atomic E-state index is 11.1. The highest BCUT2D eigenvalue weighted by atomic mass is 16.5. The van der Waals surface area contributed by atoms with Crippen molar-refractivity contribution in [1.82, 2.24) is 9.88 Å². The van der Waals surface area contributed by atoms with Crippen LogP contribution in [0, 0.1) is 0 Å². The van der Waals surface area contributed by atoms with Gasteiger partial charge in [-0.1, -0.05) is 0 Å². The molecule has 6 nitrogen and oxygen atoms in total. The largest absolute Gasteiger partial charge is 0.490 e. The van der Waals surface area contributed by atoms with Gasteiger partial charge in [-0.3, -0.25) is 4.79 Å². The fourth-order valence-corrected chi connectivity index (χ4v) is 1.86. The second-order valence-electron chi connectivity index (χ2n) is 3.98. The SMILES string of the molecule is O=C(O)N1CCC(Oc2cc[nH]c(=O)c2)CC1. The second kappa shape index (κ2) is 4.90. The van der Waals surface area contributed by atoms with Crippen molar-refractivity contribution in [2.75, 3.05) is 13.1 Å². The summed E-state index contributed by atoms with van der Waals surface area (Å²) in [5, 5.41) is 8.79. The number of pyridine rings is 1. The predicted molar refractivity (Wildman–Crippen MR) is 60.3 cm³/mol. The fourth-order valence-electron chi connectivity index (χ4n) is 1.86. The van der Waals surface area contributed by atoms with Gasteiger partial charge in [0.15, 0.2) is 0 Å². The van der Waals surface area contributed by atoms with Crippen molar-refractivity contribution < 1.29 is 14.6 Å². The molecule has 0 aliphatic carbocycles. The Balaban J connectivity index is 1.90. The Morgan fingerprint density at radius 2 is 2.18 bits per heavy atom. The molecule has 2 N–H and O–H groups in total. The van der Waals surface area contributed by atoms with Crippen LogP contribution in [0.25, 0.3) is 0 Å². The van der Waals surface area contributed by atoms with Crippen molar-refractivity contribution in [3.05, 3.63) is 28.7 Å². The Bertz CT molecular complexity index is 449. The third-order valence-electron chi connectivity index (χ3n) is 2.76. The molecular formula is C11H14N2O4. The number of nitrogens with one attached hydrogen (secondary N) is 1. The lowest BCUT2D eigenvalue weighted by Crippen LogP contribution is -2.41. The molecule has 17 heavy (non-hydrogen) atoms. The zero-order chi connectivity index (χ0) is 12.3. The topological polar surface area (TPSA) is 82.6 Å². The molecule has 0 bridgehead atoms. The first kappa shape index (κ1) is 11.5. The molecule has 1 aromatic rings. The lowest BCUT2D eigenvalue weighted by molar-refractivity contribution is 0.0894. The number of H-pyrrole nitrogens is 1. The maximum Gasteiger partial charge on any atom is 0.407 e. The third-order valence-corrected chi connectivity index (χ3v) is 2.76. The quantitative estimate of drug-likeness (QED) is 0.801. The Labute approximate surface area is 97.8 Å². The smallest absolute Gasteiger partial charge is 0.407 e. The van der Waals surface area contributed by atoms with Gasteiger partial charge in [0.05, 0.1) is 0 Å². The normalized spacial score (nSPS) is 16.8. The highest BCUT2D eigenvalue weighted by Gasteiger charge is 2.23. The van der Waals surface area contributed by atoms with E-state index in [0.717, 1.165) is 0 Å². The summed E-state index contributed by atoms with van der Waals surface area (Å²) in [5.74, 6) is 0.530. The van der Waals surface area contributed by atoms with E-state index in [-0.39, 0.29) is 11.7 Å².